The number of pyridine rings is 1. The molecule has 0 saturated heterocycles. The van der Waals surface area contributed by atoms with Crippen molar-refractivity contribution in [1.82, 2.24) is 14.5 Å². The molecule has 0 aliphatic carbocycles. The molecular formula is C7H5BrClN3. The lowest BCUT2D eigenvalue weighted by Gasteiger charge is -1.97. The summed E-state index contributed by atoms with van der Waals surface area (Å²) in [6.07, 6.45) is 1.71. The fraction of sp³-hybridized carbons (Fsp3) is 0.143. The van der Waals surface area contributed by atoms with E-state index in [2.05, 4.69) is 25.9 Å². The highest BCUT2D eigenvalue weighted by atomic mass is 79.9. The Morgan fingerprint density at radius 3 is 3.08 bits per heavy atom. The summed E-state index contributed by atoms with van der Waals surface area (Å²) in [6.45, 7) is 0. The Bertz CT molecular complexity index is 437. The summed E-state index contributed by atoms with van der Waals surface area (Å²) < 4.78 is 2.81. The number of rotatable bonds is 0. The Balaban J connectivity index is 2.93. The molecule has 0 fully saturated rings. The first-order valence-corrected chi connectivity index (χ1v) is 4.48. The Hall–Kier alpha value is -0.610. The lowest BCUT2D eigenvalue weighted by molar-refractivity contribution is 0.945. The SMILES string of the molecule is Cn1cnc2nc(Cl)cc(Br)c21. The maximum Gasteiger partial charge on any atom is 0.180 e. The van der Waals surface area contributed by atoms with Gasteiger partial charge in [-0.3, -0.25) is 0 Å². The van der Waals surface area contributed by atoms with Crippen molar-refractivity contribution in [3.05, 3.63) is 22.0 Å². The van der Waals surface area contributed by atoms with Gasteiger partial charge in [0, 0.05) is 11.5 Å². The number of aryl methyl sites for hydroxylation is 1. The van der Waals surface area contributed by atoms with E-state index in [4.69, 9.17) is 11.6 Å². The molecule has 0 N–H and O–H groups in total. The van der Waals surface area contributed by atoms with Gasteiger partial charge >= 0.3 is 0 Å². The fourth-order valence-electron chi connectivity index (χ4n) is 1.08. The van der Waals surface area contributed by atoms with Crippen LogP contribution in [0.15, 0.2) is 16.9 Å². The molecular weight excluding hydrogens is 241 g/mol. The molecule has 3 nitrogen and oxygen atoms in total. The van der Waals surface area contributed by atoms with Crippen molar-refractivity contribution in [3.63, 3.8) is 0 Å². The Morgan fingerprint density at radius 1 is 1.58 bits per heavy atom. The van der Waals surface area contributed by atoms with Crippen molar-refractivity contribution in [1.29, 1.82) is 0 Å². The van der Waals surface area contributed by atoms with Crippen molar-refractivity contribution >= 4 is 38.7 Å². The Labute approximate surface area is 82.5 Å². The van der Waals surface area contributed by atoms with Crippen molar-refractivity contribution in [2.24, 2.45) is 7.05 Å². The van der Waals surface area contributed by atoms with Crippen LogP contribution < -0.4 is 0 Å². The average Bonchev–Trinajstić information content (AvgIpc) is 2.31. The summed E-state index contributed by atoms with van der Waals surface area (Å²) in [7, 11) is 1.91. The van der Waals surface area contributed by atoms with Gasteiger partial charge in [0.2, 0.25) is 0 Å². The van der Waals surface area contributed by atoms with E-state index in [0.29, 0.717) is 10.8 Å². The second-order valence-corrected chi connectivity index (χ2v) is 3.70. The maximum atomic E-state index is 5.74. The summed E-state index contributed by atoms with van der Waals surface area (Å²) in [4.78, 5) is 8.14. The lowest BCUT2D eigenvalue weighted by atomic mass is 10.4. The van der Waals surface area contributed by atoms with Gasteiger partial charge in [-0.25, -0.2) is 9.97 Å². The highest BCUT2D eigenvalue weighted by molar-refractivity contribution is 9.10. The number of fused-ring (bicyclic) bond motifs is 1. The predicted octanol–water partition coefficient (Wildman–Crippen LogP) is 2.38. The van der Waals surface area contributed by atoms with Crippen molar-refractivity contribution in [3.8, 4) is 0 Å². The molecule has 0 aromatic carbocycles. The van der Waals surface area contributed by atoms with Gasteiger partial charge in [0.15, 0.2) is 5.65 Å². The summed E-state index contributed by atoms with van der Waals surface area (Å²) in [5.74, 6) is 0. The molecule has 0 saturated carbocycles. The number of aromatic nitrogens is 3. The van der Waals surface area contributed by atoms with Gasteiger partial charge in [0.1, 0.15) is 10.7 Å². The van der Waals surface area contributed by atoms with Crippen LogP contribution in [-0.4, -0.2) is 14.5 Å². The van der Waals surface area contributed by atoms with Gasteiger partial charge in [0.25, 0.3) is 0 Å². The van der Waals surface area contributed by atoms with Gasteiger partial charge in [-0.1, -0.05) is 11.6 Å². The molecule has 0 atom stereocenters. The van der Waals surface area contributed by atoms with Crippen LogP contribution in [0.2, 0.25) is 5.15 Å². The molecule has 0 aliphatic rings. The minimum Gasteiger partial charge on any atom is -0.331 e. The van der Waals surface area contributed by atoms with Crippen molar-refractivity contribution in [2.75, 3.05) is 0 Å². The zero-order valence-electron chi connectivity index (χ0n) is 6.25. The third-order valence-electron chi connectivity index (χ3n) is 1.60. The Morgan fingerprint density at radius 2 is 2.33 bits per heavy atom. The smallest absolute Gasteiger partial charge is 0.180 e. The molecule has 2 heterocycles. The highest BCUT2D eigenvalue weighted by Crippen LogP contribution is 2.23. The molecule has 62 valence electrons. The third-order valence-corrected chi connectivity index (χ3v) is 2.40. The second kappa shape index (κ2) is 2.71. The molecule has 2 aromatic heterocycles. The standard InChI is InChI=1S/C7H5BrClN3/c1-12-3-10-7-6(12)4(8)2-5(9)11-7/h2-3H,1H3. The molecule has 0 aliphatic heterocycles. The highest BCUT2D eigenvalue weighted by Gasteiger charge is 2.06. The normalized spacial score (nSPS) is 10.9. The van der Waals surface area contributed by atoms with E-state index in [1.54, 1.807) is 12.4 Å². The molecule has 0 amide bonds. The minimum absolute atomic E-state index is 0.452. The summed E-state index contributed by atoms with van der Waals surface area (Å²) >= 11 is 9.14. The van der Waals surface area contributed by atoms with Crippen LogP contribution >= 0.6 is 27.5 Å². The summed E-state index contributed by atoms with van der Waals surface area (Å²) in [6, 6.07) is 1.76. The van der Waals surface area contributed by atoms with Crippen LogP contribution in [0.1, 0.15) is 0 Å². The van der Waals surface area contributed by atoms with E-state index in [9.17, 15) is 0 Å². The second-order valence-electron chi connectivity index (χ2n) is 2.45. The monoisotopic (exact) mass is 245 g/mol. The van der Waals surface area contributed by atoms with Crippen LogP contribution in [0.5, 0.6) is 0 Å². The molecule has 0 unspecified atom stereocenters. The zero-order valence-corrected chi connectivity index (χ0v) is 8.59. The van der Waals surface area contributed by atoms with E-state index < -0.39 is 0 Å². The van der Waals surface area contributed by atoms with Crippen LogP contribution in [-0.2, 0) is 7.05 Å². The third kappa shape index (κ3) is 1.11. The van der Waals surface area contributed by atoms with Gasteiger partial charge in [-0.2, -0.15) is 0 Å². The van der Waals surface area contributed by atoms with E-state index in [-0.39, 0.29) is 0 Å². The molecule has 0 radical (unpaired) electrons. The molecule has 2 rings (SSSR count). The van der Waals surface area contributed by atoms with Gasteiger partial charge < -0.3 is 4.57 Å². The van der Waals surface area contributed by atoms with Crippen molar-refractivity contribution < 1.29 is 0 Å². The summed E-state index contributed by atoms with van der Waals surface area (Å²) in [5.41, 5.74) is 1.62. The average molecular weight is 246 g/mol. The van der Waals surface area contributed by atoms with Crippen LogP contribution in [0.25, 0.3) is 11.2 Å². The van der Waals surface area contributed by atoms with Crippen LogP contribution in [0.3, 0.4) is 0 Å². The molecule has 2 aromatic rings. The number of imidazole rings is 1. The van der Waals surface area contributed by atoms with E-state index in [1.807, 2.05) is 11.6 Å². The van der Waals surface area contributed by atoms with Gasteiger partial charge in [-0.05, 0) is 22.0 Å². The van der Waals surface area contributed by atoms with Gasteiger partial charge in [0.05, 0.1) is 6.33 Å². The van der Waals surface area contributed by atoms with Crippen LogP contribution in [0, 0.1) is 0 Å². The topological polar surface area (TPSA) is 30.7 Å². The number of nitrogens with zero attached hydrogens (tertiary/aromatic N) is 3. The van der Waals surface area contributed by atoms with Crippen LogP contribution in [0.4, 0.5) is 0 Å². The van der Waals surface area contributed by atoms with Gasteiger partial charge in [-0.15, -0.1) is 0 Å². The van der Waals surface area contributed by atoms with E-state index >= 15 is 0 Å². The largest absolute Gasteiger partial charge is 0.331 e. The number of hydrogen-bond donors (Lipinski definition) is 0. The molecule has 0 spiro atoms. The quantitative estimate of drug-likeness (QED) is 0.668. The molecule has 5 heteroatoms. The molecule has 0 bridgehead atoms. The number of halogens is 2. The zero-order chi connectivity index (χ0) is 8.72. The minimum atomic E-state index is 0.452. The summed E-state index contributed by atoms with van der Waals surface area (Å²) in [5, 5.41) is 0.452. The maximum absolute atomic E-state index is 5.74. The Kier molecular flexibility index (Phi) is 1.81. The molecule has 12 heavy (non-hydrogen) atoms. The van der Waals surface area contributed by atoms with E-state index in [0.717, 1.165) is 9.99 Å². The first-order chi connectivity index (χ1) is 5.68. The fourth-order valence-corrected chi connectivity index (χ4v) is 2.08. The predicted molar refractivity (Wildman–Crippen MR) is 51.2 cm³/mol. The lowest BCUT2D eigenvalue weighted by Crippen LogP contribution is -1.86. The van der Waals surface area contributed by atoms with Crippen molar-refractivity contribution in [2.45, 2.75) is 0 Å². The van der Waals surface area contributed by atoms with E-state index in [1.165, 1.54) is 0 Å². The first-order valence-electron chi connectivity index (χ1n) is 3.31. The number of hydrogen-bond acceptors (Lipinski definition) is 2. The first kappa shape index (κ1) is 8.01.